The molecule has 134 valence electrons. The number of methoxy groups -OCH3 is 1. The number of hydrogen-bond acceptors (Lipinski definition) is 4. The van der Waals surface area contributed by atoms with Crippen molar-refractivity contribution < 1.29 is 18.3 Å². The molecule has 2 heterocycles. The van der Waals surface area contributed by atoms with Crippen LogP contribution in [0.1, 0.15) is 40.3 Å². The van der Waals surface area contributed by atoms with E-state index in [2.05, 4.69) is 10.3 Å². The van der Waals surface area contributed by atoms with Gasteiger partial charge >= 0.3 is 0 Å². The Morgan fingerprint density at radius 3 is 2.76 bits per heavy atom. The van der Waals surface area contributed by atoms with E-state index < -0.39 is 17.7 Å². The van der Waals surface area contributed by atoms with Crippen LogP contribution in [0.5, 0.6) is 0 Å². The van der Waals surface area contributed by atoms with Gasteiger partial charge in [-0.15, -0.1) is 5.10 Å². The highest BCUT2D eigenvalue weighted by molar-refractivity contribution is 5.96. The Labute approximate surface area is 144 Å². The highest BCUT2D eigenvalue weighted by Gasteiger charge is 2.35. The lowest BCUT2D eigenvalue weighted by Crippen LogP contribution is -2.42. The van der Waals surface area contributed by atoms with Crippen molar-refractivity contribution in [3.63, 3.8) is 0 Å². The van der Waals surface area contributed by atoms with Gasteiger partial charge in [0.05, 0.1) is 12.3 Å². The van der Waals surface area contributed by atoms with Gasteiger partial charge in [-0.05, 0) is 31.5 Å². The maximum absolute atomic E-state index is 13.6. The average Bonchev–Trinajstić information content (AvgIpc) is 3.01. The molecule has 0 spiro atoms. The summed E-state index contributed by atoms with van der Waals surface area (Å²) in [5.41, 5.74) is 2.22. The van der Waals surface area contributed by atoms with Crippen molar-refractivity contribution in [2.24, 2.45) is 0 Å². The summed E-state index contributed by atoms with van der Waals surface area (Å²) in [6.07, 6.45) is 0.602. The van der Waals surface area contributed by atoms with Crippen LogP contribution in [-0.2, 0) is 17.7 Å². The number of aryl methyl sites for hydroxylation is 2. The zero-order chi connectivity index (χ0) is 18.1. The zero-order valence-corrected chi connectivity index (χ0v) is 14.4. The van der Waals surface area contributed by atoms with Crippen LogP contribution in [0, 0.1) is 18.6 Å². The molecule has 0 aliphatic carbocycles. The second kappa shape index (κ2) is 6.87. The molecule has 1 atom stereocenters. The molecule has 0 unspecified atom stereocenters. The van der Waals surface area contributed by atoms with Gasteiger partial charge in [0.1, 0.15) is 11.7 Å². The molecule has 0 N–H and O–H groups in total. The van der Waals surface area contributed by atoms with Gasteiger partial charge in [0.15, 0.2) is 11.6 Å². The van der Waals surface area contributed by atoms with Crippen molar-refractivity contribution in [1.29, 1.82) is 0 Å². The smallest absolute Gasteiger partial charge is 0.254 e. The van der Waals surface area contributed by atoms with E-state index in [-0.39, 0.29) is 18.1 Å². The number of ether oxygens (including phenoxy) is 1. The van der Waals surface area contributed by atoms with Crippen LogP contribution in [0.25, 0.3) is 0 Å². The van der Waals surface area contributed by atoms with Gasteiger partial charge in [-0.1, -0.05) is 5.21 Å². The van der Waals surface area contributed by atoms with Crippen LogP contribution in [0.15, 0.2) is 12.1 Å². The molecular formula is C17H20F2N4O2. The lowest BCUT2D eigenvalue weighted by Gasteiger charge is -2.34. The van der Waals surface area contributed by atoms with Crippen molar-refractivity contribution in [3.05, 3.63) is 46.3 Å². The van der Waals surface area contributed by atoms with Gasteiger partial charge in [0.25, 0.3) is 5.91 Å². The summed E-state index contributed by atoms with van der Waals surface area (Å²) >= 11 is 0. The largest absolute Gasteiger partial charge is 0.382 e. The Morgan fingerprint density at radius 1 is 1.36 bits per heavy atom. The summed E-state index contributed by atoms with van der Waals surface area (Å²) in [6.45, 7) is 4.94. The number of amides is 1. The Morgan fingerprint density at radius 2 is 2.08 bits per heavy atom. The lowest BCUT2D eigenvalue weighted by atomic mass is 10.00. The molecule has 0 saturated carbocycles. The highest BCUT2D eigenvalue weighted by Crippen LogP contribution is 2.30. The van der Waals surface area contributed by atoms with Crippen LogP contribution in [0.4, 0.5) is 8.78 Å². The first-order chi connectivity index (χ1) is 12.0. The van der Waals surface area contributed by atoms with Crippen molar-refractivity contribution >= 4 is 5.91 Å². The minimum absolute atomic E-state index is 0.145. The third-order valence-corrected chi connectivity index (χ3v) is 4.53. The van der Waals surface area contributed by atoms with Crippen LogP contribution in [-0.4, -0.2) is 46.1 Å². The molecule has 0 fully saturated rings. The summed E-state index contributed by atoms with van der Waals surface area (Å²) in [4.78, 5) is 14.6. The van der Waals surface area contributed by atoms with Gasteiger partial charge < -0.3 is 9.64 Å². The molecule has 1 aliphatic heterocycles. The van der Waals surface area contributed by atoms with E-state index in [4.69, 9.17) is 4.74 Å². The molecule has 0 radical (unpaired) electrons. The number of rotatable bonds is 4. The topological polar surface area (TPSA) is 60.2 Å². The predicted molar refractivity (Wildman–Crippen MR) is 86.1 cm³/mol. The molecule has 0 saturated heterocycles. The standard InChI is InChI=1S/C17H20F2N4O2/c1-4-23-14-5-6-22(15(9-25-3)16(14)20-21-23)17(24)11-8-13(19)12(18)7-10(11)2/h7-8,15H,4-6,9H2,1-3H3/t15-/m0/s1. The third kappa shape index (κ3) is 3.02. The zero-order valence-electron chi connectivity index (χ0n) is 14.4. The number of carbonyl (C=O) groups excluding carboxylic acids is 1. The number of hydrogen-bond donors (Lipinski definition) is 0. The van der Waals surface area contributed by atoms with Crippen molar-refractivity contribution in [2.75, 3.05) is 20.3 Å². The summed E-state index contributed by atoms with van der Waals surface area (Å²) < 4.78 is 34.1. The molecule has 3 rings (SSSR count). The molecule has 0 bridgehead atoms. The Balaban J connectivity index is 1.98. The number of benzene rings is 1. The van der Waals surface area contributed by atoms with Crippen LogP contribution >= 0.6 is 0 Å². The number of nitrogens with zero attached hydrogens (tertiary/aromatic N) is 4. The predicted octanol–water partition coefficient (Wildman–Crippen LogP) is 2.27. The maximum atomic E-state index is 13.6. The Hall–Kier alpha value is -2.35. The third-order valence-electron chi connectivity index (χ3n) is 4.53. The average molecular weight is 350 g/mol. The van der Waals surface area contributed by atoms with Gasteiger partial charge in [-0.3, -0.25) is 4.79 Å². The molecule has 1 amide bonds. The van der Waals surface area contributed by atoms with Crippen molar-refractivity contribution in [3.8, 4) is 0 Å². The molecule has 8 heteroatoms. The molecule has 1 aromatic carbocycles. The van der Waals surface area contributed by atoms with E-state index in [0.717, 1.165) is 17.8 Å². The number of carbonyl (C=O) groups is 1. The minimum atomic E-state index is -1.04. The highest BCUT2D eigenvalue weighted by atomic mass is 19.2. The maximum Gasteiger partial charge on any atom is 0.254 e. The van der Waals surface area contributed by atoms with Crippen molar-refractivity contribution in [2.45, 2.75) is 32.9 Å². The van der Waals surface area contributed by atoms with Gasteiger partial charge in [0, 0.05) is 32.2 Å². The molecule has 25 heavy (non-hydrogen) atoms. The van der Waals surface area contributed by atoms with Crippen LogP contribution < -0.4 is 0 Å². The first kappa shape index (κ1) is 17.5. The molecule has 6 nitrogen and oxygen atoms in total. The Kier molecular flexibility index (Phi) is 4.80. The monoisotopic (exact) mass is 350 g/mol. The van der Waals surface area contributed by atoms with Gasteiger partial charge in [-0.25, -0.2) is 13.5 Å². The van der Waals surface area contributed by atoms with E-state index in [1.807, 2.05) is 11.6 Å². The minimum Gasteiger partial charge on any atom is -0.382 e. The number of halogens is 2. The summed E-state index contributed by atoms with van der Waals surface area (Å²) in [5, 5.41) is 8.34. The second-order valence-electron chi connectivity index (χ2n) is 6.04. The molecular weight excluding hydrogens is 330 g/mol. The van der Waals surface area contributed by atoms with E-state index in [9.17, 15) is 13.6 Å². The SMILES string of the molecule is CCn1nnc2c1CCN(C(=O)c1cc(F)c(F)cc1C)[C@H]2COC. The molecule has 1 aromatic heterocycles. The first-order valence-electron chi connectivity index (χ1n) is 8.15. The van der Waals surface area contributed by atoms with E-state index >= 15 is 0 Å². The van der Waals surface area contributed by atoms with Gasteiger partial charge in [0.2, 0.25) is 0 Å². The van der Waals surface area contributed by atoms with E-state index in [0.29, 0.717) is 30.8 Å². The van der Waals surface area contributed by atoms with Gasteiger partial charge in [-0.2, -0.15) is 0 Å². The fourth-order valence-corrected chi connectivity index (χ4v) is 3.25. The molecule has 1 aliphatic rings. The summed E-state index contributed by atoms with van der Waals surface area (Å²) in [5.74, 6) is -2.36. The van der Waals surface area contributed by atoms with E-state index in [1.54, 1.807) is 18.9 Å². The first-order valence-corrected chi connectivity index (χ1v) is 8.15. The van der Waals surface area contributed by atoms with Crippen LogP contribution in [0.2, 0.25) is 0 Å². The Bertz CT molecular complexity index is 806. The normalized spacial score (nSPS) is 16.8. The fourth-order valence-electron chi connectivity index (χ4n) is 3.25. The fraction of sp³-hybridized carbons (Fsp3) is 0.471. The lowest BCUT2D eigenvalue weighted by molar-refractivity contribution is 0.0489. The number of fused-ring (bicyclic) bond motifs is 1. The number of aromatic nitrogens is 3. The van der Waals surface area contributed by atoms with Crippen molar-refractivity contribution in [1.82, 2.24) is 19.9 Å². The second-order valence-corrected chi connectivity index (χ2v) is 6.04. The van der Waals surface area contributed by atoms with Crippen LogP contribution in [0.3, 0.4) is 0 Å². The molecule has 2 aromatic rings. The summed E-state index contributed by atoms with van der Waals surface area (Å²) in [7, 11) is 1.55. The van der Waals surface area contributed by atoms with E-state index in [1.165, 1.54) is 0 Å². The summed E-state index contributed by atoms with van der Waals surface area (Å²) in [6, 6.07) is 1.58. The quantitative estimate of drug-likeness (QED) is 0.849.